The van der Waals surface area contributed by atoms with Crippen LogP contribution in [0.3, 0.4) is 0 Å². The molecule has 1 aromatic heterocycles. The van der Waals surface area contributed by atoms with Crippen molar-refractivity contribution in [3.05, 3.63) is 35.5 Å². The summed E-state index contributed by atoms with van der Waals surface area (Å²) in [5.41, 5.74) is 3.25. The standard InChI is InChI=1S/C22H30N2O/c25-22(9-2-1-3-10-22)17-6-7-21-19(14-17)20(15-23-21)16-8-12-24-11-4-5-18(24)13-16/h6-7,14-16,18,23,25H,1-5,8-13H2. The second kappa shape index (κ2) is 6.14. The normalized spacial score (nSPS) is 29.8. The molecule has 2 aliphatic heterocycles. The number of aromatic nitrogens is 1. The van der Waals surface area contributed by atoms with Crippen LogP contribution >= 0.6 is 0 Å². The van der Waals surface area contributed by atoms with E-state index in [1.807, 2.05) is 0 Å². The van der Waals surface area contributed by atoms with Crippen molar-refractivity contribution in [1.82, 2.24) is 9.88 Å². The number of aromatic amines is 1. The topological polar surface area (TPSA) is 39.3 Å². The summed E-state index contributed by atoms with van der Waals surface area (Å²) in [6, 6.07) is 7.43. The molecule has 2 unspecified atom stereocenters. The predicted octanol–water partition coefficient (Wildman–Crippen LogP) is 4.66. The molecule has 134 valence electrons. The second-order valence-electron chi connectivity index (χ2n) is 8.65. The molecule has 1 aromatic carbocycles. The van der Waals surface area contributed by atoms with Gasteiger partial charge in [0.25, 0.3) is 0 Å². The molecular formula is C22H30N2O. The van der Waals surface area contributed by atoms with Crippen LogP contribution < -0.4 is 0 Å². The second-order valence-corrected chi connectivity index (χ2v) is 8.65. The summed E-state index contributed by atoms with van der Waals surface area (Å²) >= 11 is 0. The Hall–Kier alpha value is -1.32. The highest BCUT2D eigenvalue weighted by Crippen LogP contribution is 2.41. The molecule has 3 nitrogen and oxygen atoms in total. The Kier molecular flexibility index (Phi) is 3.90. The SMILES string of the molecule is OC1(c2ccc3[nH]cc(C4CCN5CCCC5C4)c3c2)CCCCC1. The fourth-order valence-electron chi connectivity index (χ4n) is 5.70. The van der Waals surface area contributed by atoms with E-state index in [9.17, 15) is 5.11 Å². The summed E-state index contributed by atoms with van der Waals surface area (Å²) in [5.74, 6) is 0.671. The summed E-state index contributed by atoms with van der Waals surface area (Å²) in [6.07, 6.45) is 13.0. The third-order valence-electron chi connectivity index (χ3n) is 7.19. The number of benzene rings is 1. The van der Waals surface area contributed by atoms with Crippen LogP contribution in [0.4, 0.5) is 0 Å². The van der Waals surface area contributed by atoms with Crippen molar-refractivity contribution in [2.75, 3.05) is 13.1 Å². The van der Waals surface area contributed by atoms with E-state index in [1.54, 1.807) is 0 Å². The quantitative estimate of drug-likeness (QED) is 0.836. The number of H-pyrrole nitrogens is 1. The Morgan fingerprint density at radius 2 is 1.92 bits per heavy atom. The third-order valence-corrected chi connectivity index (χ3v) is 7.19. The van der Waals surface area contributed by atoms with Crippen LogP contribution in [0.25, 0.3) is 10.9 Å². The van der Waals surface area contributed by atoms with Crippen molar-refractivity contribution < 1.29 is 5.11 Å². The van der Waals surface area contributed by atoms with Gasteiger partial charge in [0.15, 0.2) is 0 Å². The zero-order valence-corrected chi connectivity index (χ0v) is 15.1. The molecule has 2 N–H and O–H groups in total. The lowest BCUT2D eigenvalue weighted by molar-refractivity contribution is -0.000511. The average Bonchev–Trinajstić information content (AvgIpc) is 3.27. The number of rotatable bonds is 2. The molecule has 2 aromatic rings. The first-order valence-electron chi connectivity index (χ1n) is 10.3. The highest BCUT2D eigenvalue weighted by atomic mass is 16.3. The van der Waals surface area contributed by atoms with Gasteiger partial charge in [-0.05, 0) is 80.8 Å². The maximum atomic E-state index is 11.1. The van der Waals surface area contributed by atoms with Crippen LogP contribution in [0, 0.1) is 0 Å². The molecule has 3 aliphatic rings. The lowest BCUT2D eigenvalue weighted by Crippen LogP contribution is -2.37. The van der Waals surface area contributed by atoms with Gasteiger partial charge in [-0.2, -0.15) is 0 Å². The molecule has 1 saturated carbocycles. The van der Waals surface area contributed by atoms with Crippen molar-refractivity contribution in [3.63, 3.8) is 0 Å². The van der Waals surface area contributed by atoms with Gasteiger partial charge in [-0.25, -0.2) is 0 Å². The lowest BCUT2D eigenvalue weighted by Gasteiger charge is -2.35. The molecule has 1 aliphatic carbocycles. The summed E-state index contributed by atoms with van der Waals surface area (Å²) in [5, 5.41) is 12.5. The minimum atomic E-state index is -0.601. The Bertz CT molecular complexity index is 758. The fourth-order valence-corrected chi connectivity index (χ4v) is 5.70. The number of aliphatic hydroxyl groups is 1. The van der Waals surface area contributed by atoms with Gasteiger partial charge >= 0.3 is 0 Å². The van der Waals surface area contributed by atoms with E-state index in [0.29, 0.717) is 5.92 Å². The fraction of sp³-hybridized carbons (Fsp3) is 0.636. The Labute approximate surface area is 150 Å². The van der Waals surface area contributed by atoms with Gasteiger partial charge in [0.1, 0.15) is 0 Å². The van der Waals surface area contributed by atoms with Gasteiger partial charge in [0.2, 0.25) is 0 Å². The van der Waals surface area contributed by atoms with E-state index < -0.39 is 5.60 Å². The van der Waals surface area contributed by atoms with Crippen LogP contribution in [0.1, 0.15) is 74.8 Å². The monoisotopic (exact) mass is 338 g/mol. The van der Waals surface area contributed by atoms with Gasteiger partial charge in [-0.1, -0.05) is 25.3 Å². The zero-order valence-electron chi connectivity index (χ0n) is 15.1. The molecule has 3 heteroatoms. The van der Waals surface area contributed by atoms with Crippen LogP contribution in [-0.4, -0.2) is 34.1 Å². The molecule has 5 rings (SSSR count). The van der Waals surface area contributed by atoms with Crippen LogP contribution in [0.15, 0.2) is 24.4 Å². The molecule has 2 atom stereocenters. The molecule has 0 radical (unpaired) electrons. The van der Waals surface area contributed by atoms with Crippen LogP contribution in [-0.2, 0) is 5.60 Å². The van der Waals surface area contributed by atoms with E-state index in [2.05, 4.69) is 34.3 Å². The average molecular weight is 338 g/mol. The number of nitrogens with zero attached hydrogens (tertiary/aromatic N) is 1. The third kappa shape index (κ3) is 2.72. The number of hydrogen-bond acceptors (Lipinski definition) is 2. The molecule has 3 fully saturated rings. The zero-order chi connectivity index (χ0) is 16.9. The largest absolute Gasteiger partial charge is 0.385 e. The number of hydrogen-bond donors (Lipinski definition) is 2. The smallest absolute Gasteiger partial charge is 0.0896 e. The van der Waals surface area contributed by atoms with Crippen molar-refractivity contribution >= 4 is 10.9 Å². The first-order chi connectivity index (χ1) is 12.2. The Morgan fingerprint density at radius 3 is 2.80 bits per heavy atom. The van der Waals surface area contributed by atoms with Crippen LogP contribution in [0.2, 0.25) is 0 Å². The van der Waals surface area contributed by atoms with Crippen molar-refractivity contribution in [3.8, 4) is 0 Å². The summed E-state index contributed by atoms with van der Waals surface area (Å²) in [6.45, 7) is 2.56. The highest BCUT2D eigenvalue weighted by Gasteiger charge is 2.34. The van der Waals surface area contributed by atoms with E-state index in [-0.39, 0.29) is 0 Å². The minimum Gasteiger partial charge on any atom is -0.385 e. The number of fused-ring (bicyclic) bond motifs is 2. The van der Waals surface area contributed by atoms with Gasteiger partial charge in [-0.15, -0.1) is 0 Å². The van der Waals surface area contributed by atoms with Gasteiger partial charge in [0.05, 0.1) is 5.60 Å². The summed E-state index contributed by atoms with van der Waals surface area (Å²) in [4.78, 5) is 6.19. The van der Waals surface area contributed by atoms with E-state index >= 15 is 0 Å². The minimum absolute atomic E-state index is 0.601. The van der Waals surface area contributed by atoms with Gasteiger partial charge < -0.3 is 15.0 Å². The molecule has 0 amide bonds. The van der Waals surface area contributed by atoms with Gasteiger partial charge in [-0.3, -0.25) is 0 Å². The van der Waals surface area contributed by atoms with Crippen LogP contribution in [0.5, 0.6) is 0 Å². The first-order valence-corrected chi connectivity index (χ1v) is 10.3. The highest BCUT2D eigenvalue weighted by molar-refractivity contribution is 5.84. The number of piperidine rings is 1. The van der Waals surface area contributed by atoms with Crippen molar-refractivity contribution in [1.29, 1.82) is 0 Å². The van der Waals surface area contributed by atoms with E-state index in [4.69, 9.17) is 0 Å². The van der Waals surface area contributed by atoms with Gasteiger partial charge in [0, 0.05) is 23.1 Å². The predicted molar refractivity (Wildman–Crippen MR) is 102 cm³/mol. The first kappa shape index (κ1) is 15.9. The molecule has 2 saturated heterocycles. The molecular weight excluding hydrogens is 308 g/mol. The molecule has 3 heterocycles. The summed E-state index contributed by atoms with van der Waals surface area (Å²) in [7, 11) is 0. The Balaban J connectivity index is 1.48. The maximum Gasteiger partial charge on any atom is 0.0896 e. The molecule has 0 spiro atoms. The Morgan fingerprint density at radius 1 is 1.04 bits per heavy atom. The van der Waals surface area contributed by atoms with Crippen molar-refractivity contribution in [2.45, 2.75) is 75.3 Å². The lowest BCUT2D eigenvalue weighted by atomic mass is 9.79. The number of nitrogens with one attached hydrogen (secondary N) is 1. The van der Waals surface area contributed by atoms with E-state index in [1.165, 1.54) is 61.7 Å². The summed E-state index contributed by atoms with van der Waals surface area (Å²) < 4.78 is 0. The van der Waals surface area contributed by atoms with E-state index in [0.717, 1.165) is 37.3 Å². The van der Waals surface area contributed by atoms with Crippen molar-refractivity contribution in [2.24, 2.45) is 0 Å². The maximum absolute atomic E-state index is 11.1. The molecule has 0 bridgehead atoms. The molecule has 25 heavy (non-hydrogen) atoms.